The number of amides is 1. The normalized spacial score (nSPS) is 14.8. The molecule has 0 bridgehead atoms. The van der Waals surface area contributed by atoms with E-state index in [0.29, 0.717) is 18.9 Å². The maximum Gasteiger partial charge on any atom is 0.264 e. The Morgan fingerprint density at radius 2 is 1.88 bits per heavy atom. The van der Waals surface area contributed by atoms with Crippen LogP contribution in [0.1, 0.15) is 9.67 Å². The van der Waals surface area contributed by atoms with Crippen molar-refractivity contribution in [1.82, 2.24) is 24.9 Å². The Labute approximate surface area is 157 Å². The molecule has 0 atom stereocenters. The van der Waals surface area contributed by atoms with Gasteiger partial charge in [0.1, 0.15) is 0 Å². The number of piperazine rings is 1. The number of rotatable bonds is 3. The first-order valence-electron chi connectivity index (χ1n) is 7.83. The molecule has 1 amide bonds. The molecule has 0 unspecified atom stereocenters. The van der Waals surface area contributed by atoms with E-state index in [1.807, 2.05) is 40.7 Å². The third-order valence-electron chi connectivity index (χ3n) is 4.04. The standard InChI is InChI=1S/C16H15BrN6OS/c17-12-10-13(25-11-12)16(24)22-8-6-21(7-9-22)14-2-3-15(20-19-14)23-5-1-4-18-23/h1-5,10-11H,6-9H2. The molecule has 0 spiro atoms. The molecule has 0 aromatic carbocycles. The summed E-state index contributed by atoms with van der Waals surface area (Å²) in [6.45, 7) is 2.84. The lowest BCUT2D eigenvalue weighted by Gasteiger charge is -2.35. The molecule has 0 saturated carbocycles. The van der Waals surface area contributed by atoms with E-state index in [4.69, 9.17) is 0 Å². The highest BCUT2D eigenvalue weighted by molar-refractivity contribution is 9.10. The summed E-state index contributed by atoms with van der Waals surface area (Å²) >= 11 is 4.86. The van der Waals surface area contributed by atoms with Gasteiger partial charge in [0.05, 0.1) is 4.88 Å². The van der Waals surface area contributed by atoms with Gasteiger partial charge in [0.2, 0.25) is 0 Å². The zero-order valence-corrected chi connectivity index (χ0v) is 15.7. The Balaban J connectivity index is 1.39. The van der Waals surface area contributed by atoms with E-state index in [0.717, 1.165) is 28.3 Å². The van der Waals surface area contributed by atoms with Crippen LogP contribution in [-0.2, 0) is 0 Å². The van der Waals surface area contributed by atoms with Gasteiger partial charge in [-0.25, -0.2) is 4.68 Å². The largest absolute Gasteiger partial charge is 0.352 e. The number of hydrogen-bond acceptors (Lipinski definition) is 6. The highest BCUT2D eigenvalue weighted by Crippen LogP contribution is 2.22. The van der Waals surface area contributed by atoms with Crippen LogP contribution in [0, 0.1) is 0 Å². The second-order valence-corrected chi connectivity index (χ2v) is 7.44. The van der Waals surface area contributed by atoms with Crippen molar-refractivity contribution in [2.45, 2.75) is 0 Å². The summed E-state index contributed by atoms with van der Waals surface area (Å²) in [7, 11) is 0. The summed E-state index contributed by atoms with van der Waals surface area (Å²) in [5.74, 6) is 1.60. The number of hydrogen-bond donors (Lipinski definition) is 0. The van der Waals surface area contributed by atoms with Crippen LogP contribution in [0.2, 0.25) is 0 Å². The van der Waals surface area contributed by atoms with Crippen molar-refractivity contribution in [3.05, 3.63) is 51.4 Å². The summed E-state index contributed by atoms with van der Waals surface area (Å²) in [6.07, 6.45) is 3.54. The molecular formula is C16H15BrN6OS. The maximum atomic E-state index is 12.5. The first-order chi connectivity index (χ1) is 12.2. The Hall–Kier alpha value is -2.26. The van der Waals surface area contributed by atoms with Gasteiger partial charge in [-0.15, -0.1) is 21.5 Å². The minimum atomic E-state index is 0.0930. The van der Waals surface area contributed by atoms with Gasteiger partial charge < -0.3 is 9.80 Å². The molecule has 25 heavy (non-hydrogen) atoms. The van der Waals surface area contributed by atoms with Crippen LogP contribution in [-0.4, -0.2) is 57.0 Å². The number of carbonyl (C=O) groups excluding carboxylic acids is 1. The van der Waals surface area contributed by atoms with Gasteiger partial charge in [-0.05, 0) is 40.2 Å². The predicted molar refractivity (Wildman–Crippen MR) is 99.3 cm³/mol. The second-order valence-electron chi connectivity index (χ2n) is 5.61. The van der Waals surface area contributed by atoms with Gasteiger partial charge in [-0.1, -0.05) is 0 Å². The van der Waals surface area contributed by atoms with Gasteiger partial charge in [-0.3, -0.25) is 4.79 Å². The van der Waals surface area contributed by atoms with Gasteiger partial charge in [0.15, 0.2) is 11.6 Å². The Morgan fingerprint density at radius 3 is 2.48 bits per heavy atom. The molecule has 0 radical (unpaired) electrons. The topological polar surface area (TPSA) is 67.2 Å². The second kappa shape index (κ2) is 6.93. The van der Waals surface area contributed by atoms with Crippen LogP contribution in [0.25, 0.3) is 5.82 Å². The molecule has 1 saturated heterocycles. The lowest BCUT2D eigenvalue weighted by atomic mass is 10.3. The molecule has 3 aromatic rings. The molecule has 0 N–H and O–H groups in total. The van der Waals surface area contributed by atoms with Gasteiger partial charge in [0.25, 0.3) is 5.91 Å². The van der Waals surface area contributed by atoms with Crippen molar-refractivity contribution < 1.29 is 4.79 Å². The fraction of sp³-hybridized carbons (Fsp3) is 0.250. The molecule has 128 valence electrons. The van der Waals surface area contributed by atoms with Crippen LogP contribution in [0.3, 0.4) is 0 Å². The van der Waals surface area contributed by atoms with E-state index in [1.54, 1.807) is 10.9 Å². The van der Waals surface area contributed by atoms with Crippen molar-refractivity contribution in [3.63, 3.8) is 0 Å². The molecular weight excluding hydrogens is 404 g/mol. The summed E-state index contributed by atoms with van der Waals surface area (Å²) < 4.78 is 2.62. The van der Waals surface area contributed by atoms with Crippen molar-refractivity contribution in [2.24, 2.45) is 0 Å². The van der Waals surface area contributed by atoms with Crippen molar-refractivity contribution in [1.29, 1.82) is 0 Å². The summed E-state index contributed by atoms with van der Waals surface area (Å²) in [6, 6.07) is 7.56. The Bertz CT molecular complexity index is 855. The van der Waals surface area contributed by atoms with Gasteiger partial charge in [0, 0.05) is 48.4 Å². The highest BCUT2D eigenvalue weighted by Gasteiger charge is 2.24. The van der Waals surface area contributed by atoms with E-state index in [-0.39, 0.29) is 5.91 Å². The van der Waals surface area contributed by atoms with Gasteiger partial charge in [-0.2, -0.15) is 5.10 Å². The third-order valence-corrected chi connectivity index (χ3v) is 5.72. The predicted octanol–water partition coefficient (Wildman–Crippen LogP) is 2.45. The van der Waals surface area contributed by atoms with Crippen LogP contribution in [0.15, 0.2) is 46.5 Å². The lowest BCUT2D eigenvalue weighted by molar-refractivity contribution is 0.0751. The van der Waals surface area contributed by atoms with Crippen molar-refractivity contribution in [3.8, 4) is 5.82 Å². The zero-order chi connectivity index (χ0) is 17.2. The number of anilines is 1. The number of nitrogens with zero attached hydrogens (tertiary/aromatic N) is 6. The Morgan fingerprint density at radius 1 is 1.12 bits per heavy atom. The number of carbonyl (C=O) groups is 1. The minimum absolute atomic E-state index is 0.0930. The Kier molecular flexibility index (Phi) is 4.50. The lowest BCUT2D eigenvalue weighted by Crippen LogP contribution is -2.49. The quantitative estimate of drug-likeness (QED) is 0.653. The van der Waals surface area contributed by atoms with Crippen LogP contribution < -0.4 is 4.90 Å². The molecule has 4 heterocycles. The zero-order valence-electron chi connectivity index (χ0n) is 13.2. The summed E-state index contributed by atoms with van der Waals surface area (Å²) in [4.78, 5) is 17.3. The van der Waals surface area contributed by atoms with E-state index in [2.05, 4.69) is 36.1 Å². The fourth-order valence-electron chi connectivity index (χ4n) is 2.73. The van der Waals surface area contributed by atoms with Crippen LogP contribution in [0.4, 0.5) is 5.82 Å². The first-order valence-corrected chi connectivity index (χ1v) is 9.50. The van der Waals surface area contributed by atoms with E-state index >= 15 is 0 Å². The third kappa shape index (κ3) is 3.42. The van der Waals surface area contributed by atoms with E-state index in [1.165, 1.54) is 11.3 Å². The van der Waals surface area contributed by atoms with E-state index < -0.39 is 0 Å². The SMILES string of the molecule is O=C(c1cc(Br)cs1)N1CCN(c2ccc(-n3cccn3)nn2)CC1. The molecule has 1 fully saturated rings. The molecule has 0 aliphatic carbocycles. The minimum Gasteiger partial charge on any atom is -0.352 e. The molecule has 3 aromatic heterocycles. The monoisotopic (exact) mass is 418 g/mol. The molecule has 9 heteroatoms. The summed E-state index contributed by atoms with van der Waals surface area (Å²) in [5.41, 5.74) is 0. The molecule has 7 nitrogen and oxygen atoms in total. The first kappa shape index (κ1) is 16.2. The molecule has 4 rings (SSSR count). The highest BCUT2D eigenvalue weighted by atomic mass is 79.9. The summed E-state index contributed by atoms with van der Waals surface area (Å²) in [5, 5.41) is 14.6. The van der Waals surface area contributed by atoms with Crippen LogP contribution >= 0.6 is 27.3 Å². The smallest absolute Gasteiger partial charge is 0.264 e. The average Bonchev–Trinajstić information content (AvgIpc) is 3.33. The maximum absolute atomic E-state index is 12.5. The average molecular weight is 419 g/mol. The van der Waals surface area contributed by atoms with Crippen LogP contribution in [0.5, 0.6) is 0 Å². The fourth-order valence-corrected chi connectivity index (χ4v) is 4.13. The van der Waals surface area contributed by atoms with Crippen molar-refractivity contribution >= 4 is 39.0 Å². The van der Waals surface area contributed by atoms with E-state index in [9.17, 15) is 4.79 Å². The van der Waals surface area contributed by atoms with Crippen molar-refractivity contribution in [2.75, 3.05) is 31.1 Å². The molecule has 1 aliphatic heterocycles. The number of aromatic nitrogens is 4. The number of halogens is 1. The van der Waals surface area contributed by atoms with Gasteiger partial charge >= 0.3 is 0 Å². The molecule has 1 aliphatic rings. The number of thiophene rings is 1.